The molecule has 162 valence electrons. The number of para-hydroxylation sites is 1. The van der Waals surface area contributed by atoms with Gasteiger partial charge in [-0.05, 0) is 36.4 Å². The lowest BCUT2D eigenvalue weighted by Crippen LogP contribution is -2.37. The summed E-state index contributed by atoms with van der Waals surface area (Å²) in [4.78, 5) is 34.0. The lowest BCUT2D eigenvalue weighted by molar-refractivity contribution is -0.126. The van der Waals surface area contributed by atoms with Gasteiger partial charge in [-0.3, -0.25) is 14.4 Å². The number of rotatable bonds is 4. The van der Waals surface area contributed by atoms with E-state index in [1.807, 2.05) is 6.07 Å². The zero-order valence-corrected chi connectivity index (χ0v) is 17.7. The fourth-order valence-electron chi connectivity index (χ4n) is 4.30. The van der Waals surface area contributed by atoms with Crippen LogP contribution in [0.4, 0.5) is 15.8 Å². The normalized spacial score (nSPS) is 22.4. The molecule has 0 bridgehead atoms. The quantitative estimate of drug-likeness (QED) is 0.544. The van der Waals surface area contributed by atoms with Crippen LogP contribution in [0.25, 0.3) is 0 Å². The Morgan fingerprint density at radius 1 is 0.938 bits per heavy atom. The highest BCUT2D eigenvalue weighted by Crippen LogP contribution is 2.49. The van der Waals surface area contributed by atoms with Gasteiger partial charge in [0.1, 0.15) is 23.5 Å². The van der Waals surface area contributed by atoms with Crippen LogP contribution in [0.2, 0.25) is 5.02 Å². The Morgan fingerprint density at radius 3 is 2.38 bits per heavy atom. The number of fused-ring (bicyclic) bond motifs is 1. The van der Waals surface area contributed by atoms with Gasteiger partial charge >= 0.3 is 0 Å². The molecule has 3 aromatic carbocycles. The third kappa shape index (κ3) is 3.13. The maximum atomic E-state index is 15.0. The second-order valence-corrected chi connectivity index (χ2v) is 7.91. The molecule has 0 N–H and O–H groups in total. The molecule has 2 aliphatic heterocycles. The second kappa shape index (κ2) is 7.93. The van der Waals surface area contributed by atoms with Gasteiger partial charge in [0, 0.05) is 16.7 Å². The van der Waals surface area contributed by atoms with Gasteiger partial charge in [-0.25, -0.2) is 14.4 Å². The topological polar surface area (TPSA) is 59.1 Å². The summed E-state index contributed by atoms with van der Waals surface area (Å²) in [7, 11) is 1.50. The minimum absolute atomic E-state index is 0.110. The molecule has 3 atom stereocenters. The smallest absolute Gasteiger partial charge is 0.266 e. The first-order valence-electron chi connectivity index (χ1n) is 9.98. The fraction of sp³-hybridized carbons (Fsp3) is 0.167. The van der Waals surface area contributed by atoms with E-state index in [0.29, 0.717) is 17.1 Å². The molecule has 0 saturated carbocycles. The summed E-state index contributed by atoms with van der Waals surface area (Å²) in [6.07, 6.45) is -1.12. The molecule has 32 heavy (non-hydrogen) atoms. The van der Waals surface area contributed by atoms with E-state index < -0.39 is 35.7 Å². The predicted octanol–water partition coefficient (Wildman–Crippen LogP) is 4.54. The average Bonchev–Trinajstić information content (AvgIpc) is 3.30. The number of hydrogen-bond donors (Lipinski definition) is 0. The second-order valence-electron chi connectivity index (χ2n) is 7.51. The minimum atomic E-state index is -1.12. The molecule has 2 heterocycles. The lowest BCUT2D eigenvalue weighted by Gasteiger charge is -2.29. The van der Waals surface area contributed by atoms with Crippen molar-refractivity contribution in [2.24, 2.45) is 5.92 Å². The summed E-state index contributed by atoms with van der Waals surface area (Å²) in [5.74, 6) is -2.07. The number of carbonyl (C=O) groups is 2. The number of carbonyl (C=O) groups excluding carboxylic acids is 2. The fourth-order valence-corrected chi connectivity index (χ4v) is 4.58. The number of nitrogens with zero attached hydrogens (tertiary/aromatic N) is 2. The van der Waals surface area contributed by atoms with Crippen LogP contribution in [0.5, 0.6) is 5.75 Å². The highest BCUT2D eigenvalue weighted by molar-refractivity contribution is 6.31. The minimum Gasteiger partial charge on any atom is -0.497 e. The van der Waals surface area contributed by atoms with E-state index >= 15 is 0 Å². The van der Waals surface area contributed by atoms with Crippen molar-refractivity contribution in [2.45, 2.75) is 12.1 Å². The number of hydroxylamine groups is 1. The van der Waals surface area contributed by atoms with Crippen molar-refractivity contribution in [3.05, 3.63) is 89.2 Å². The summed E-state index contributed by atoms with van der Waals surface area (Å²) >= 11 is 6.38. The van der Waals surface area contributed by atoms with Crippen LogP contribution in [0.15, 0.2) is 72.8 Å². The number of halogens is 2. The SMILES string of the molecule is COc1cccc(N2C(=O)[C@@H]3[C@@H](c4c(F)cccc4Cl)N(c4ccccc4)O[C@H]3C2=O)c1. The molecule has 2 fully saturated rings. The molecule has 0 unspecified atom stereocenters. The molecule has 0 radical (unpaired) electrons. The Morgan fingerprint density at radius 2 is 1.66 bits per heavy atom. The number of anilines is 2. The first kappa shape index (κ1) is 20.5. The van der Waals surface area contributed by atoms with Gasteiger partial charge in [-0.2, -0.15) is 0 Å². The molecular weight excluding hydrogens is 435 g/mol. The Hall–Kier alpha value is -3.42. The standard InChI is InChI=1S/C24H18ClFN2O4/c1-31-16-10-5-9-15(13-16)27-23(29)20-21(19-17(25)11-6-12-18(19)26)28(32-22(20)24(27)30)14-7-3-2-4-8-14/h2-13,20-22H,1H3/t20-,21-,22-/m1/s1. The number of methoxy groups -OCH3 is 1. The molecule has 2 aliphatic rings. The van der Waals surface area contributed by atoms with Gasteiger partial charge < -0.3 is 4.74 Å². The summed E-state index contributed by atoms with van der Waals surface area (Å²) in [5.41, 5.74) is 1.06. The largest absolute Gasteiger partial charge is 0.497 e. The van der Waals surface area contributed by atoms with Gasteiger partial charge in [0.2, 0.25) is 5.91 Å². The van der Waals surface area contributed by atoms with Crippen molar-refractivity contribution in [1.82, 2.24) is 0 Å². The van der Waals surface area contributed by atoms with Crippen molar-refractivity contribution in [1.29, 1.82) is 0 Å². The highest BCUT2D eigenvalue weighted by Gasteiger charge is 2.61. The van der Waals surface area contributed by atoms with Gasteiger partial charge in [0.15, 0.2) is 6.10 Å². The van der Waals surface area contributed by atoms with E-state index in [2.05, 4.69) is 0 Å². The highest BCUT2D eigenvalue weighted by atomic mass is 35.5. The van der Waals surface area contributed by atoms with Crippen molar-refractivity contribution < 1.29 is 23.6 Å². The Bertz CT molecular complexity index is 1190. The van der Waals surface area contributed by atoms with Crippen LogP contribution in [-0.2, 0) is 14.4 Å². The summed E-state index contributed by atoms with van der Waals surface area (Å²) < 4.78 is 20.2. The summed E-state index contributed by atoms with van der Waals surface area (Å²) in [5, 5.41) is 1.57. The number of hydrogen-bond acceptors (Lipinski definition) is 5. The van der Waals surface area contributed by atoms with E-state index in [0.717, 1.165) is 4.90 Å². The third-order valence-electron chi connectivity index (χ3n) is 5.73. The number of amides is 2. The van der Waals surface area contributed by atoms with E-state index in [1.165, 1.54) is 24.3 Å². The molecule has 8 heteroatoms. The Balaban J connectivity index is 1.62. The van der Waals surface area contributed by atoms with E-state index in [1.54, 1.807) is 54.6 Å². The van der Waals surface area contributed by atoms with Crippen LogP contribution in [0.1, 0.15) is 11.6 Å². The maximum absolute atomic E-state index is 15.0. The Kier molecular flexibility index (Phi) is 5.07. The first-order valence-corrected chi connectivity index (χ1v) is 10.4. The van der Waals surface area contributed by atoms with E-state index in [4.69, 9.17) is 21.2 Å². The van der Waals surface area contributed by atoms with Crippen LogP contribution >= 0.6 is 11.6 Å². The maximum Gasteiger partial charge on any atom is 0.266 e. The monoisotopic (exact) mass is 452 g/mol. The number of imide groups is 1. The lowest BCUT2D eigenvalue weighted by atomic mass is 9.90. The van der Waals surface area contributed by atoms with Crippen LogP contribution in [0, 0.1) is 11.7 Å². The number of benzene rings is 3. The van der Waals surface area contributed by atoms with E-state index in [-0.39, 0.29) is 10.6 Å². The molecule has 0 aliphatic carbocycles. The van der Waals surface area contributed by atoms with Crippen molar-refractivity contribution in [3.8, 4) is 5.75 Å². The van der Waals surface area contributed by atoms with Crippen LogP contribution < -0.4 is 14.7 Å². The molecule has 0 spiro atoms. The first-order chi connectivity index (χ1) is 15.5. The molecular formula is C24H18ClFN2O4. The zero-order valence-electron chi connectivity index (χ0n) is 16.9. The molecule has 6 nitrogen and oxygen atoms in total. The predicted molar refractivity (Wildman–Crippen MR) is 117 cm³/mol. The van der Waals surface area contributed by atoms with Gasteiger partial charge in [-0.15, -0.1) is 0 Å². The van der Waals surface area contributed by atoms with Crippen molar-refractivity contribution >= 4 is 34.8 Å². The van der Waals surface area contributed by atoms with Gasteiger partial charge in [0.05, 0.1) is 18.5 Å². The molecule has 2 amide bonds. The van der Waals surface area contributed by atoms with Crippen molar-refractivity contribution in [3.63, 3.8) is 0 Å². The van der Waals surface area contributed by atoms with Gasteiger partial charge in [0.25, 0.3) is 5.91 Å². The third-order valence-corrected chi connectivity index (χ3v) is 6.06. The molecule has 3 aromatic rings. The number of ether oxygens (including phenoxy) is 1. The average molecular weight is 453 g/mol. The van der Waals surface area contributed by atoms with Crippen LogP contribution in [0.3, 0.4) is 0 Å². The van der Waals surface area contributed by atoms with Gasteiger partial charge in [-0.1, -0.05) is 41.9 Å². The molecule has 5 rings (SSSR count). The summed E-state index contributed by atoms with van der Waals surface area (Å²) in [6.45, 7) is 0. The molecule has 0 aromatic heterocycles. The molecule has 2 saturated heterocycles. The van der Waals surface area contributed by atoms with E-state index in [9.17, 15) is 14.0 Å². The van der Waals surface area contributed by atoms with Crippen LogP contribution in [-0.4, -0.2) is 25.0 Å². The zero-order chi connectivity index (χ0) is 22.4. The summed E-state index contributed by atoms with van der Waals surface area (Å²) in [6, 6.07) is 19.0. The Labute approximate surface area is 188 Å². The van der Waals surface area contributed by atoms with Crippen molar-refractivity contribution in [2.75, 3.05) is 17.1 Å².